The van der Waals surface area contributed by atoms with E-state index in [1.807, 2.05) is 0 Å². The third kappa shape index (κ3) is 2.54. The van der Waals surface area contributed by atoms with E-state index in [1.54, 1.807) is 0 Å². The topological polar surface area (TPSA) is 21.3 Å². The molecule has 1 aliphatic heterocycles. The summed E-state index contributed by atoms with van der Waals surface area (Å²) < 4.78 is 5.57. The van der Waals surface area contributed by atoms with Crippen LogP contribution in [0.25, 0.3) is 0 Å². The molecule has 1 aromatic rings. The summed E-state index contributed by atoms with van der Waals surface area (Å²) >= 11 is 0. The summed E-state index contributed by atoms with van der Waals surface area (Å²) in [6, 6.07) is 7.54. The standard InChI is InChI=1S/C16H23NO/c1-16(2,8-9-17-14-4-5-14)13-3-6-15-12(11-13)7-10-18-15/h3,6,11,14,17H,4-5,7-10H2,1-2H3. The van der Waals surface area contributed by atoms with E-state index in [4.69, 9.17) is 4.74 Å². The van der Waals surface area contributed by atoms with E-state index in [1.165, 1.54) is 30.4 Å². The van der Waals surface area contributed by atoms with Crippen molar-refractivity contribution >= 4 is 0 Å². The Balaban J connectivity index is 1.67. The molecule has 1 saturated carbocycles. The van der Waals surface area contributed by atoms with Crippen LogP contribution in [0, 0.1) is 0 Å². The number of nitrogens with one attached hydrogen (secondary N) is 1. The van der Waals surface area contributed by atoms with E-state index < -0.39 is 0 Å². The van der Waals surface area contributed by atoms with Crippen molar-refractivity contribution in [2.75, 3.05) is 13.2 Å². The van der Waals surface area contributed by atoms with Gasteiger partial charge in [0, 0.05) is 12.5 Å². The van der Waals surface area contributed by atoms with Crippen LogP contribution in [0.15, 0.2) is 18.2 Å². The Bertz CT molecular complexity index is 435. The molecule has 1 fully saturated rings. The predicted octanol–water partition coefficient (Wildman–Crippen LogP) is 3.04. The molecule has 1 N–H and O–H groups in total. The molecule has 0 spiro atoms. The minimum absolute atomic E-state index is 0.250. The largest absolute Gasteiger partial charge is 0.493 e. The highest BCUT2D eigenvalue weighted by Crippen LogP contribution is 2.33. The van der Waals surface area contributed by atoms with Crippen molar-refractivity contribution in [3.05, 3.63) is 29.3 Å². The molecule has 1 aromatic carbocycles. The smallest absolute Gasteiger partial charge is 0.122 e. The number of rotatable bonds is 5. The lowest BCUT2D eigenvalue weighted by Gasteiger charge is -2.26. The average molecular weight is 245 g/mol. The van der Waals surface area contributed by atoms with Crippen molar-refractivity contribution in [1.29, 1.82) is 0 Å². The van der Waals surface area contributed by atoms with Gasteiger partial charge in [0.2, 0.25) is 0 Å². The van der Waals surface area contributed by atoms with Crippen molar-refractivity contribution in [3.63, 3.8) is 0 Å². The first-order valence-electron chi connectivity index (χ1n) is 7.15. The van der Waals surface area contributed by atoms with Crippen molar-refractivity contribution in [1.82, 2.24) is 5.32 Å². The van der Waals surface area contributed by atoms with Gasteiger partial charge in [-0.3, -0.25) is 0 Å². The lowest BCUT2D eigenvalue weighted by Crippen LogP contribution is -2.26. The Kier molecular flexibility index (Phi) is 3.06. The van der Waals surface area contributed by atoms with Gasteiger partial charge in [-0.05, 0) is 48.4 Å². The third-order valence-electron chi connectivity index (χ3n) is 4.23. The Morgan fingerprint density at radius 3 is 2.94 bits per heavy atom. The molecule has 2 heteroatoms. The van der Waals surface area contributed by atoms with E-state index >= 15 is 0 Å². The quantitative estimate of drug-likeness (QED) is 0.861. The first-order chi connectivity index (χ1) is 8.65. The molecule has 2 nitrogen and oxygen atoms in total. The second-order valence-corrected chi connectivity index (χ2v) is 6.28. The summed E-state index contributed by atoms with van der Waals surface area (Å²) in [7, 11) is 0. The van der Waals surface area contributed by atoms with E-state index in [-0.39, 0.29) is 5.41 Å². The number of hydrogen-bond acceptors (Lipinski definition) is 2. The second-order valence-electron chi connectivity index (χ2n) is 6.28. The molecule has 1 aliphatic carbocycles. The Hall–Kier alpha value is -1.02. The Morgan fingerprint density at radius 1 is 1.33 bits per heavy atom. The number of hydrogen-bond donors (Lipinski definition) is 1. The van der Waals surface area contributed by atoms with Crippen LogP contribution in [0.5, 0.6) is 5.75 Å². The van der Waals surface area contributed by atoms with Crippen molar-refractivity contribution in [2.24, 2.45) is 0 Å². The zero-order valence-electron chi connectivity index (χ0n) is 11.5. The third-order valence-corrected chi connectivity index (χ3v) is 4.23. The molecule has 0 saturated heterocycles. The minimum Gasteiger partial charge on any atom is -0.493 e. The van der Waals surface area contributed by atoms with Gasteiger partial charge in [-0.2, -0.15) is 0 Å². The fourth-order valence-electron chi connectivity index (χ4n) is 2.63. The predicted molar refractivity (Wildman–Crippen MR) is 74.3 cm³/mol. The Labute approximate surface area is 110 Å². The molecule has 0 bridgehead atoms. The van der Waals surface area contributed by atoms with Crippen LogP contribution in [0.1, 0.15) is 44.2 Å². The number of ether oxygens (including phenoxy) is 1. The normalized spacial score (nSPS) is 18.6. The first kappa shape index (κ1) is 12.0. The fourth-order valence-corrected chi connectivity index (χ4v) is 2.63. The molecule has 18 heavy (non-hydrogen) atoms. The van der Waals surface area contributed by atoms with Gasteiger partial charge in [-0.25, -0.2) is 0 Å². The summed E-state index contributed by atoms with van der Waals surface area (Å²) in [4.78, 5) is 0. The van der Waals surface area contributed by atoms with Crippen LogP contribution in [-0.4, -0.2) is 19.2 Å². The summed E-state index contributed by atoms with van der Waals surface area (Å²) in [5, 5.41) is 3.61. The maximum absolute atomic E-state index is 5.57. The lowest BCUT2D eigenvalue weighted by atomic mass is 9.81. The maximum Gasteiger partial charge on any atom is 0.122 e. The van der Waals surface area contributed by atoms with Crippen molar-refractivity contribution in [3.8, 4) is 5.75 Å². The number of benzene rings is 1. The van der Waals surface area contributed by atoms with E-state index in [2.05, 4.69) is 37.4 Å². The molecule has 0 radical (unpaired) electrons. The zero-order valence-corrected chi connectivity index (χ0v) is 11.5. The van der Waals surface area contributed by atoms with Crippen LogP contribution in [0.4, 0.5) is 0 Å². The lowest BCUT2D eigenvalue weighted by molar-refractivity contribution is 0.356. The van der Waals surface area contributed by atoms with Gasteiger partial charge in [-0.1, -0.05) is 26.0 Å². The summed E-state index contributed by atoms with van der Waals surface area (Å²) in [5.41, 5.74) is 3.08. The van der Waals surface area contributed by atoms with Crippen LogP contribution < -0.4 is 10.1 Å². The summed E-state index contributed by atoms with van der Waals surface area (Å²) in [6.07, 6.45) is 5.01. The molecule has 98 valence electrons. The summed E-state index contributed by atoms with van der Waals surface area (Å²) in [6.45, 7) is 6.67. The van der Waals surface area contributed by atoms with Gasteiger partial charge >= 0.3 is 0 Å². The molecule has 0 unspecified atom stereocenters. The van der Waals surface area contributed by atoms with Gasteiger partial charge in [-0.15, -0.1) is 0 Å². The maximum atomic E-state index is 5.57. The van der Waals surface area contributed by atoms with Gasteiger partial charge in [0.25, 0.3) is 0 Å². The fraction of sp³-hybridized carbons (Fsp3) is 0.625. The Morgan fingerprint density at radius 2 is 2.17 bits per heavy atom. The van der Waals surface area contributed by atoms with Crippen molar-refractivity contribution < 1.29 is 4.74 Å². The van der Waals surface area contributed by atoms with Crippen molar-refractivity contribution in [2.45, 2.75) is 51.0 Å². The molecule has 2 aliphatic rings. The van der Waals surface area contributed by atoms with Gasteiger partial charge in [0.1, 0.15) is 5.75 Å². The average Bonchev–Trinajstić information content (AvgIpc) is 3.04. The highest BCUT2D eigenvalue weighted by Gasteiger charge is 2.25. The van der Waals surface area contributed by atoms with Gasteiger partial charge in [0.15, 0.2) is 0 Å². The highest BCUT2D eigenvalue weighted by molar-refractivity contribution is 5.42. The first-order valence-corrected chi connectivity index (χ1v) is 7.15. The number of fused-ring (bicyclic) bond motifs is 1. The molecule has 0 aromatic heterocycles. The van der Waals surface area contributed by atoms with Gasteiger partial charge < -0.3 is 10.1 Å². The van der Waals surface area contributed by atoms with Crippen LogP contribution in [0.2, 0.25) is 0 Å². The molecular formula is C16H23NO. The van der Waals surface area contributed by atoms with Gasteiger partial charge in [0.05, 0.1) is 6.61 Å². The highest BCUT2D eigenvalue weighted by atomic mass is 16.5. The zero-order chi connectivity index (χ0) is 12.6. The molecular weight excluding hydrogens is 222 g/mol. The molecule has 1 heterocycles. The molecule has 3 rings (SSSR count). The van der Waals surface area contributed by atoms with Crippen LogP contribution in [-0.2, 0) is 11.8 Å². The molecule has 0 amide bonds. The minimum atomic E-state index is 0.250. The SMILES string of the molecule is CC(C)(CCNC1CC1)c1ccc2c(c1)CCO2. The second kappa shape index (κ2) is 4.58. The summed E-state index contributed by atoms with van der Waals surface area (Å²) in [5.74, 6) is 1.09. The monoisotopic (exact) mass is 245 g/mol. The molecule has 0 atom stereocenters. The van der Waals surface area contributed by atoms with E-state index in [0.29, 0.717) is 0 Å². The van der Waals surface area contributed by atoms with Crippen LogP contribution >= 0.6 is 0 Å². The van der Waals surface area contributed by atoms with Crippen LogP contribution in [0.3, 0.4) is 0 Å². The van der Waals surface area contributed by atoms with E-state index in [9.17, 15) is 0 Å². The van der Waals surface area contributed by atoms with E-state index in [0.717, 1.165) is 31.4 Å².